The molecule has 1 aliphatic rings. The van der Waals surface area contributed by atoms with Crippen LogP contribution in [0.15, 0.2) is 23.9 Å². The normalized spacial score (nSPS) is 16.3. The van der Waals surface area contributed by atoms with Gasteiger partial charge in [0.25, 0.3) is 5.70 Å². The third-order valence-electron chi connectivity index (χ3n) is 2.64. The van der Waals surface area contributed by atoms with Crippen molar-refractivity contribution in [2.75, 3.05) is 0 Å². The van der Waals surface area contributed by atoms with Crippen LogP contribution in [0.2, 0.25) is 0 Å². The first-order valence-electron chi connectivity index (χ1n) is 4.82. The Labute approximate surface area is 93.4 Å². The average molecular weight is 208 g/mol. The van der Waals surface area contributed by atoms with Gasteiger partial charge in [0.15, 0.2) is 5.78 Å². The predicted molar refractivity (Wildman–Crippen MR) is 59.3 cm³/mol. The zero-order valence-electron chi connectivity index (χ0n) is 8.74. The van der Waals surface area contributed by atoms with Gasteiger partial charge in [0, 0.05) is 12.0 Å². The summed E-state index contributed by atoms with van der Waals surface area (Å²) in [6.07, 6.45) is 0.171. The Hall–Kier alpha value is -2.39. The zero-order chi connectivity index (χ0) is 11.7. The Bertz CT molecular complexity index is 581. The number of hydrogen-bond donors (Lipinski definition) is 0. The van der Waals surface area contributed by atoms with Crippen LogP contribution in [0.3, 0.4) is 0 Å². The summed E-state index contributed by atoms with van der Waals surface area (Å²) in [5.74, 6) is -0.0126. The van der Waals surface area contributed by atoms with Crippen molar-refractivity contribution in [1.82, 2.24) is 0 Å². The molecule has 1 aromatic rings. The van der Waals surface area contributed by atoms with E-state index in [9.17, 15) is 4.79 Å². The highest BCUT2D eigenvalue weighted by Gasteiger charge is 2.26. The number of ketones is 1. The number of hydrogen-bond acceptors (Lipinski definition) is 2. The molecular weight excluding hydrogens is 200 g/mol. The van der Waals surface area contributed by atoms with E-state index >= 15 is 0 Å². The molecule has 3 heteroatoms. The molecule has 0 bridgehead atoms. The summed E-state index contributed by atoms with van der Waals surface area (Å²) in [5.41, 5.74) is 2.99. The maximum absolute atomic E-state index is 11.7. The SMILES string of the molecule is [C-]#[N+]/C(C#N)=C1\CC(=O)c2ccc(C)cc21. The van der Waals surface area contributed by atoms with E-state index in [1.54, 1.807) is 6.07 Å². The standard InChI is InChI=1S/C13H8N2O/c1-8-3-4-9-10(5-8)11(6-13(9)16)12(7-14)15-2/h3-5H,6H2,1H3/b12-11+. The van der Waals surface area contributed by atoms with E-state index in [4.69, 9.17) is 11.8 Å². The third-order valence-corrected chi connectivity index (χ3v) is 2.64. The van der Waals surface area contributed by atoms with Gasteiger partial charge in [0.05, 0.1) is 12.6 Å². The first-order chi connectivity index (χ1) is 7.67. The summed E-state index contributed by atoms with van der Waals surface area (Å²) in [5, 5.41) is 8.83. The lowest BCUT2D eigenvalue weighted by atomic mass is 10.0. The van der Waals surface area contributed by atoms with Gasteiger partial charge < -0.3 is 0 Å². The first-order valence-corrected chi connectivity index (χ1v) is 4.82. The molecule has 0 atom stereocenters. The van der Waals surface area contributed by atoms with E-state index in [0.717, 1.165) is 11.1 Å². The van der Waals surface area contributed by atoms with Gasteiger partial charge in [-0.2, -0.15) is 0 Å². The van der Waals surface area contributed by atoms with Crippen LogP contribution in [0.4, 0.5) is 0 Å². The van der Waals surface area contributed by atoms with Crippen molar-refractivity contribution in [3.8, 4) is 6.07 Å². The van der Waals surface area contributed by atoms with Gasteiger partial charge in [-0.1, -0.05) is 23.8 Å². The molecule has 0 radical (unpaired) electrons. The van der Waals surface area contributed by atoms with Crippen LogP contribution in [0, 0.1) is 24.8 Å². The second kappa shape index (κ2) is 3.64. The molecule has 0 saturated heterocycles. The number of rotatable bonds is 0. The number of fused-ring (bicyclic) bond motifs is 1. The van der Waals surface area contributed by atoms with Gasteiger partial charge in [-0.15, -0.1) is 0 Å². The molecule has 1 aromatic carbocycles. The monoisotopic (exact) mass is 208 g/mol. The van der Waals surface area contributed by atoms with E-state index < -0.39 is 0 Å². The number of carbonyl (C=O) groups excluding carboxylic acids is 1. The van der Waals surface area contributed by atoms with Crippen molar-refractivity contribution >= 4 is 11.4 Å². The molecule has 0 fully saturated rings. The van der Waals surface area contributed by atoms with Crippen molar-refractivity contribution in [1.29, 1.82) is 5.26 Å². The van der Waals surface area contributed by atoms with Gasteiger partial charge in [-0.05, 0) is 18.1 Å². The molecule has 0 aliphatic heterocycles. The lowest BCUT2D eigenvalue weighted by Gasteiger charge is -2.01. The fourth-order valence-electron chi connectivity index (χ4n) is 1.87. The predicted octanol–water partition coefficient (Wildman–Crippen LogP) is 2.74. The Morgan fingerprint density at radius 3 is 2.88 bits per heavy atom. The molecule has 16 heavy (non-hydrogen) atoms. The molecule has 0 unspecified atom stereocenters. The molecule has 0 spiro atoms. The highest BCUT2D eigenvalue weighted by molar-refractivity contribution is 6.12. The fraction of sp³-hybridized carbons (Fsp3) is 0.154. The lowest BCUT2D eigenvalue weighted by molar-refractivity contribution is 0.100. The van der Waals surface area contributed by atoms with Crippen LogP contribution in [0.5, 0.6) is 0 Å². The molecule has 0 amide bonds. The lowest BCUT2D eigenvalue weighted by Crippen LogP contribution is -1.90. The first kappa shape index (κ1) is 10.1. The van der Waals surface area contributed by atoms with Crippen molar-refractivity contribution < 1.29 is 4.79 Å². The molecule has 0 N–H and O–H groups in total. The Morgan fingerprint density at radius 2 is 2.25 bits per heavy atom. The summed E-state index contributed by atoms with van der Waals surface area (Å²) in [6, 6.07) is 7.33. The molecular formula is C13H8N2O. The van der Waals surface area contributed by atoms with Gasteiger partial charge in [-0.3, -0.25) is 4.79 Å². The largest absolute Gasteiger partial charge is 0.294 e. The van der Waals surface area contributed by atoms with Crippen LogP contribution in [0.25, 0.3) is 10.4 Å². The topological polar surface area (TPSA) is 45.2 Å². The summed E-state index contributed by atoms with van der Waals surface area (Å²) in [7, 11) is 0. The number of aryl methyl sites for hydroxylation is 1. The highest BCUT2D eigenvalue weighted by atomic mass is 16.1. The second-order valence-electron chi connectivity index (χ2n) is 3.70. The minimum Gasteiger partial charge on any atom is -0.294 e. The molecule has 1 aliphatic carbocycles. The van der Waals surface area contributed by atoms with E-state index in [-0.39, 0.29) is 17.9 Å². The minimum absolute atomic E-state index is 0.0126. The smallest absolute Gasteiger partial charge is 0.266 e. The average Bonchev–Trinajstić information content (AvgIpc) is 2.58. The number of carbonyl (C=O) groups is 1. The number of allylic oxidation sites excluding steroid dienone is 2. The van der Waals surface area contributed by atoms with Crippen LogP contribution < -0.4 is 0 Å². The summed E-state index contributed by atoms with van der Waals surface area (Å²) < 4.78 is 0. The maximum atomic E-state index is 11.7. The summed E-state index contributed by atoms with van der Waals surface area (Å²) >= 11 is 0. The molecule has 3 nitrogen and oxygen atoms in total. The van der Waals surface area contributed by atoms with Crippen molar-refractivity contribution in [3.05, 3.63) is 52.0 Å². The highest BCUT2D eigenvalue weighted by Crippen LogP contribution is 2.35. The maximum Gasteiger partial charge on any atom is 0.266 e. The molecule has 2 rings (SSSR count). The Balaban J connectivity index is 2.74. The van der Waals surface area contributed by atoms with Gasteiger partial charge in [0.1, 0.15) is 0 Å². The Kier molecular flexibility index (Phi) is 2.31. The van der Waals surface area contributed by atoms with Gasteiger partial charge in [-0.25, -0.2) is 10.1 Å². The van der Waals surface area contributed by atoms with Crippen LogP contribution in [0.1, 0.15) is 27.9 Å². The van der Waals surface area contributed by atoms with E-state index in [1.165, 1.54) is 0 Å². The van der Waals surface area contributed by atoms with Crippen molar-refractivity contribution in [2.24, 2.45) is 0 Å². The molecule has 76 valence electrons. The van der Waals surface area contributed by atoms with Crippen LogP contribution in [-0.2, 0) is 0 Å². The number of benzene rings is 1. The second-order valence-corrected chi connectivity index (χ2v) is 3.70. The third kappa shape index (κ3) is 1.39. The number of nitrogens with zero attached hydrogens (tertiary/aromatic N) is 2. The van der Waals surface area contributed by atoms with Gasteiger partial charge >= 0.3 is 0 Å². The van der Waals surface area contributed by atoms with Gasteiger partial charge in [0.2, 0.25) is 0 Å². The Morgan fingerprint density at radius 1 is 1.50 bits per heavy atom. The quantitative estimate of drug-likeness (QED) is 0.486. The number of Topliss-reactive ketones (excluding diaryl/α,β-unsaturated/α-hetero) is 1. The van der Waals surface area contributed by atoms with Crippen molar-refractivity contribution in [2.45, 2.75) is 13.3 Å². The van der Waals surface area contributed by atoms with E-state index in [1.807, 2.05) is 25.1 Å². The van der Waals surface area contributed by atoms with Crippen LogP contribution >= 0.6 is 0 Å². The molecule has 0 aromatic heterocycles. The van der Waals surface area contributed by atoms with E-state index in [2.05, 4.69) is 4.85 Å². The van der Waals surface area contributed by atoms with E-state index in [0.29, 0.717) is 11.1 Å². The fourth-order valence-corrected chi connectivity index (χ4v) is 1.87. The molecule has 0 saturated carbocycles. The summed E-state index contributed by atoms with van der Waals surface area (Å²) in [4.78, 5) is 14.8. The van der Waals surface area contributed by atoms with Crippen LogP contribution in [-0.4, -0.2) is 5.78 Å². The summed E-state index contributed by atoms with van der Waals surface area (Å²) in [6.45, 7) is 8.84. The molecule has 0 heterocycles. The van der Waals surface area contributed by atoms with Crippen molar-refractivity contribution in [3.63, 3.8) is 0 Å². The number of nitriles is 1. The zero-order valence-corrected chi connectivity index (χ0v) is 8.74. The minimum atomic E-state index is -0.0126.